The lowest BCUT2D eigenvalue weighted by Gasteiger charge is -2.26. The van der Waals surface area contributed by atoms with Crippen LogP contribution in [0.2, 0.25) is 0 Å². The molecule has 0 fully saturated rings. The zero-order valence-electron chi connectivity index (χ0n) is 15.6. The summed E-state index contributed by atoms with van der Waals surface area (Å²) in [5.74, 6) is -0.926. The summed E-state index contributed by atoms with van der Waals surface area (Å²) >= 11 is 0. The van der Waals surface area contributed by atoms with Crippen LogP contribution >= 0.6 is 0 Å². The van der Waals surface area contributed by atoms with Crippen LogP contribution in [-0.4, -0.2) is 30.2 Å². The third-order valence-electron chi connectivity index (χ3n) is 4.47. The summed E-state index contributed by atoms with van der Waals surface area (Å²) in [6.45, 7) is 5.87. The van der Waals surface area contributed by atoms with Crippen LogP contribution in [0.25, 0.3) is 22.4 Å². The number of aromatic nitrogens is 6. The number of aromatic amines is 1. The Morgan fingerprint density at radius 2 is 1.82 bits per heavy atom. The molecule has 9 heteroatoms. The van der Waals surface area contributed by atoms with Crippen LogP contribution < -0.4 is 4.74 Å². The minimum Gasteiger partial charge on any atom is -0.474 e. The Morgan fingerprint density at radius 3 is 2.54 bits per heavy atom. The first-order valence-corrected chi connectivity index (χ1v) is 8.78. The molecule has 0 aliphatic rings. The summed E-state index contributed by atoms with van der Waals surface area (Å²) in [5.41, 5.74) is 1.19. The Bertz CT molecular complexity index is 1130. The SMILES string of the molecule is CCn1c(-c2ccc3[nH]nnc3c2)nnc1C(C)(C)Oc1c(F)cccc1F. The van der Waals surface area contributed by atoms with Crippen molar-refractivity contribution < 1.29 is 13.5 Å². The Kier molecular flexibility index (Phi) is 4.29. The molecule has 144 valence electrons. The minimum absolute atomic E-state index is 0.441. The van der Waals surface area contributed by atoms with E-state index in [0.29, 0.717) is 23.7 Å². The zero-order chi connectivity index (χ0) is 19.9. The van der Waals surface area contributed by atoms with Gasteiger partial charge < -0.3 is 9.30 Å². The number of halogens is 2. The van der Waals surface area contributed by atoms with Crippen molar-refractivity contribution in [2.45, 2.75) is 32.9 Å². The van der Waals surface area contributed by atoms with Crippen LogP contribution in [0.3, 0.4) is 0 Å². The van der Waals surface area contributed by atoms with Crippen LogP contribution in [0.4, 0.5) is 8.78 Å². The van der Waals surface area contributed by atoms with Gasteiger partial charge in [-0.25, -0.2) is 8.78 Å². The van der Waals surface area contributed by atoms with Crippen LogP contribution in [0, 0.1) is 11.6 Å². The van der Waals surface area contributed by atoms with Gasteiger partial charge >= 0.3 is 0 Å². The number of nitrogens with one attached hydrogen (secondary N) is 1. The van der Waals surface area contributed by atoms with E-state index in [1.807, 2.05) is 29.7 Å². The molecular weight excluding hydrogens is 366 g/mol. The van der Waals surface area contributed by atoms with Crippen LogP contribution in [0.5, 0.6) is 5.75 Å². The molecule has 0 atom stereocenters. The van der Waals surface area contributed by atoms with Gasteiger partial charge in [-0.3, -0.25) is 5.10 Å². The quantitative estimate of drug-likeness (QED) is 0.566. The van der Waals surface area contributed by atoms with Crippen molar-refractivity contribution in [1.82, 2.24) is 30.2 Å². The number of nitrogens with zero attached hydrogens (tertiary/aromatic N) is 5. The lowest BCUT2D eigenvalue weighted by atomic mass is 10.1. The van der Waals surface area contributed by atoms with E-state index in [-0.39, 0.29) is 0 Å². The number of H-pyrrole nitrogens is 1. The largest absolute Gasteiger partial charge is 0.474 e. The molecule has 1 N–H and O–H groups in total. The second kappa shape index (κ2) is 6.66. The van der Waals surface area contributed by atoms with Crippen LogP contribution in [0.15, 0.2) is 36.4 Å². The molecule has 2 aromatic heterocycles. The van der Waals surface area contributed by atoms with Gasteiger partial charge in [0.05, 0.1) is 5.52 Å². The molecular formula is C19H18F2N6O. The van der Waals surface area contributed by atoms with Crippen molar-refractivity contribution >= 4 is 11.0 Å². The fourth-order valence-corrected chi connectivity index (χ4v) is 3.12. The molecule has 0 amide bonds. The monoisotopic (exact) mass is 384 g/mol. The minimum atomic E-state index is -1.12. The maximum Gasteiger partial charge on any atom is 0.192 e. The predicted molar refractivity (Wildman–Crippen MR) is 98.6 cm³/mol. The molecule has 2 heterocycles. The molecule has 0 saturated carbocycles. The highest BCUT2D eigenvalue weighted by Gasteiger charge is 2.32. The second-order valence-corrected chi connectivity index (χ2v) is 6.80. The number of benzene rings is 2. The van der Waals surface area contributed by atoms with E-state index in [2.05, 4.69) is 25.6 Å². The average Bonchev–Trinajstić information content (AvgIpc) is 3.30. The lowest BCUT2D eigenvalue weighted by Crippen LogP contribution is -2.30. The van der Waals surface area contributed by atoms with Crippen molar-refractivity contribution in [3.63, 3.8) is 0 Å². The Hall–Kier alpha value is -3.36. The zero-order valence-corrected chi connectivity index (χ0v) is 15.6. The number of hydrogen-bond donors (Lipinski definition) is 1. The highest BCUT2D eigenvalue weighted by molar-refractivity contribution is 5.79. The molecule has 0 bridgehead atoms. The normalized spacial score (nSPS) is 11.9. The first-order chi connectivity index (χ1) is 13.4. The maximum atomic E-state index is 14.0. The fourth-order valence-electron chi connectivity index (χ4n) is 3.12. The van der Waals surface area contributed by atoms with Gasteiger partial charge in [0.1, 0.15) is 5.52 Å². The summed E-state index contributed by atoms with van der Waals surface area (Å²) < 4.78 is 35.6. The number of ether oxygens (including phenoxy) is 1. The van der Waals surface area contributed by atoms with E-state index in [1.165, 1.54) is 6.07 Å². The molecule has 0 unspecified atom stereocenters. The molecule has 0 aliphatic heterocycles. The molecule has 4 rings (SSSR count). The molecule has 7 nitrogen and oxygen atoms in total. The van der Waals surface area contributed by atoms with Gasteiger partial charge in [0, 0.05) is 12.1 Å². The van der Waals surface area contributed by atoms with Crippen LogP contribution in [0.1, 0.15) is 26.6 Å². The van der Waals surface area contributed by atoms with E-state index in [4.69, 9.17) is 4.74 Å². The van der Waals surface area contributed by atoms with Crippen LogP contribution in [-0.2, 0) is 12.1 Å². The summed E-state index contributed by atoms with van der Waals surface area (Å²) in [6, 6.07) is 9.18. The fraction of sp³-hybridized carbons (Fsp3) is 0.263. The number of para-hydroxylation sites is 1. The highest BCUT2D eigenvalue weighted by Crippen LogP contribution is 2.32. The van der Waals surface area contributed by atoms with Gasteiger partial charge in [-0.1, -0.05) is 11.3 Å². The maximum absolute atomic E-state index is 14.0. The van der Waals surface area contributed by atoms with Crippen molar-refractivity contribution in [2.24, 2.45) is 0 Å². The summed E-state index contributed by atoms with van der Waals surface area (Å²) in [4.78, 5) is 0. The second-order valence-electron chi connectivity index (χ2n) is 6.80. The number of rotatable bonds is 5. The van der Waals surface area contributed by atoms with E-state index in [1.54, 1.807) is 13.8 Å². The summed E-state index contributed by atoms with van der Waals surface area (Å²) in [6.07, 6.45) is 0. The van der Waals surface area contributed by atoms with E-state index < -0.39 is 23.0 Å². The van der Waals surface area contributed by atoms with Crippen molar-refractivity contribution in [1.29, 1.82) is 0 Å². The Morgan fingerprint density at radius 1 is 1.07 bits per heavy atom. The molecule has 2 aromatic carbocycles. The topological polar surface area (TPSA) is 81.5 Å². The summed E-state index contributed by atoms with van der Waals surface area (Å²) in [5, 5.41) is 19.1. The molecule has 0 radical (unpaired) electrons. The Labute approximate surface area is 159 Å². The van der Waals surface area contributed by atoms with Gasteiger partial charge in [0.2, 0.25) is 0 Å². The molecule has 0 spiro atoms. The molecule has 0 aliphatic carbocycles. The molecule has 28 heavy (non-hydrogen) atoms. The van der Waals surface area contributed by atoms with Crippen molar-refractivity contribution in [2.75, 3.05) is 0 Å². The van der Waals surface area contributed by atoms with E-state index in [9.17, 15) is 8.78 Å². The third-order valence-corrected chi connectivity index (χ3v) is 4.47. The van der Waals surface area contributed by atoms with E-state index >= 15 is 0 Å². The molecule has 0 saturated heterocycles. The van der Waals surface area contributed by atoms with Crippen molar-refractivity contribution in [3.8, 4) is 17.1 Å². The van der Waals surface area contributed by atoms with Gasteiger partial charge in [-0.05, 0) is 51.1 Å². The first kappa shape index (κ1) is 18.0. The first-order valence-electron chi connectivity index (χ1n) is 8.78. The van der Waals surface area contributed by atoms with Gasteiger partial charge in [-0.15, -0.1) is 15.3 Å². The smallest absolute Gasteiger partial charge is 0.192 e. The van der Waals surface area contributed by atoms with Gasteiger partial charge in [0.15, 0.2) is 34.6 Å². The molecule has 4 aromatic rings. The third kappa shape index (κ3) is 2.98. The predicted octanol–water partition coefficient (Wildman–Crippen LogP) is 3.83. The van der Waals surface area contributed by atoms with Gasteiger partial charge in [-0.2, -0.15) is 0 Å². The van der Waals surface area contributed by atoms with E-state index in [0.717, 1.165) is 23.2 Å². The number of hydrogen-bond acceptors (Lipinski definition) is 5. The average molecular weight is 384 g/mol. The lowest BCUT2D eigenvalue weighted by molar-refractivity contribution is 0.0827. The van der Waals surface area contributed by atoms with Crippen molar-refractivity contribution in [3.05, 3.63) is 53.9 Å². The number of fused-ring (bicyclic) bond motifs is 1. The Balaban J connectivity index is 1.75. The standard InChI is InChI=1S/C19H18F2N6O/c1-4-27-17(11-8-9-14-15(10-11)23-26-22-14)24-25-18(27)19(2,3)28-16-12(20)6-5-7-13(16)21/h5-10H,4H2,1-3H3,(H,22,23,26). The van der Waals surface area contributed by atoms with Gasteiger partial charge in [0.25, 0.3) is 0 Å². The summed E-state index contributed by atoms with van der Waals surface area (Å²) in [7, 11) is 0. The highest BCUT2D eigenvalue weighted by atomic mass is 19.1.